The minimum Gasteiger partial charge on any atom is -0.507 e. The Morgan fingerprint density at radius 2 is 1.71 bits per heavy atom. The number of aromatic carboxylic acids is 1. The third-order valence-electron chi connectivity index (χ3n) is 3.78. The fourth-order valence-electron chi connectivity index (χ4n) is 2.39. The molecule has 0 aliphatic heterocycles. The summed E-state index contributed by atoms with van der Waals surface area (Å²) in [5.41, 5.74) is 1.09. The maximum Gasteiger partial charge on any atom is 0.339 e. The molecule has 3 N–H and O–H groups in total. The Morgan fingerprint density at radius 1 is 1.07 bits per heavy atom. The van der Waals surface area contributed by atoms with Gasteiger partial charge in [0.1, 0.15) is 17.1 Å². The van der Waals surface area contributed by atoms with Crippen molar-refractivity contribution in [2.24, 2.45) is 0 Å². The molecule has 0 aliphatic rings. The van der Waals surface area contributed by atoms with E-state index in [0.29, 0.717) is 16.9 Å². The van der Waals surface area contributed by atoms with Gasteiger partial charge in [-0.25, -0.2) is 13.2 Å². The lowest BCUT2D eigenvalue weighted by atomic mass is 10.1. The average molecular weight is 400 g/mol. The van der Waals surface area contributed by atoms with Gasteiger partial charge >= 0.3 is 5.97 Å². The minimum absolute atomic E-state index is 0.0584. The average Bonchev–Trinajstić information content (AvgIpc) is 3.05. The molecule has 0 saturated heterocycles. The first kappa shape index (κ1) is 19.2. The number of sulfonamides is 1. The van der Waals surface area contributed by atoms with Gasteiger partial charge in [0.05, 0.1) is 4.90 Å². The number of carboxylic acid groups (broad SMARTS) is 1. The number of hydrogen-bond donors (Lipinski definition) is 3. The molecule has 8 nitrogen and oxygen atoms in total. The summed E-state index contributed by atoms with van der Waals surface area (Å²) < 4.78 is 31.8. The van der Waals surface area contributed by atoms with E-state index in [1.54, 1.807) is 37.3 Å². The van der Waals surface area contributed by atoms with Crippen molar-refractivity contribution in [1.82, 2.24) is 5.16 Å². The predicted molar refractivity (Wildman–Crippen MR) is 102 cm³/mol. The van der Waals surface area contributed by atoms with E-state index in [1.165, 1.54) is 30.3 Å². The number of aromatic nitrogens is 1. The van der Waals surface area contributed by atoms with Crippen LogP contribution in [0.15, 0.2) is 57.9 Å². The molecule has 0 radical (unpaired) electrons. The van der Waals surface area contributed by atoms with E-state index in [-0.39, 0.29) is 22.0 Å². The van der Waals surface area contributed by atoms with E-state index in [0.717, 1.165) is 0 Å². The summed E-state index contributed by atoms with van der Waals surface area (Å²) in [6.45, 7) is 1.65. The van der Waals surface area contributed by atoms with Crippen LogP contribution < -0.4 is 4.72 Å². The van der Waals surface area contributed by atoms with Crippen molar-refractivity contribution in [3.05, 3.63) is 71.0 Å². The third kappa shape index (κ3) is 4.38. The van der Waals surface area contributed by atoms with Crippen molar-refractivity contribution in [2.75, 3.05) is 4.72 Å². The molecule has 0 fully saturated rings. The van der Waals surface area contributed by atoms with E-state index in [2.05, 4.69) is 9.88 Å². The number of carbonyl (C=O) groups is 1. The van der Waals surface area contributed by atoms with Gasteiger partial charge in [-0.3, -0.25) is 4.72 Å². The van der Waals surface area contributed by atoms with Gasteiger partial charge in [0.2, 0.25) is 0 Å². The first-order chi connectivity index (χ1) is 13.2. The van der Waals surface area contributed by atoms with Gasteiger partial charge in [-0.15, -0.1) is 0 Å². The van der Waals surface area contributed by atoms with Crippen LogP contribution in [-0.4, -0.2) is 29.8 Å². The molecule has 9 heteroatoms. The molecule has 0 saturated carbocycles. The van der Waals surface area contributed by atoms with Gasteiger partial charge in [0.15, 0.2) is 5.82 Å². The molecular formula is C19H16N2O6S. The molecule has 2 aromatic carbocycles. The Hall–Kier alpha value is -3.59. The fraction of sp³-hybridized carbons (Fsp3) is 0.0526. The van der Waals surface area contributed by atoms with Crippen LogP contribution in [0.2, 0.25) is 0 Å². The smallest absolute Gasteiger partial charge is 0.339 e. The standard InChI is InChI=1S/C19H16N2O6S/c1-12-10-18(20-27-12)21-28(25,26)15-7-4-13(5-8-15)2-3-14-6-9-17(22)16(11-14)19(23)24/h2-11,22H,1H3,(H,20,21)(H,23,24)/b3-2+. The molecule has 0 amide bonds. The summed E-state index contributed by atoms with van der Waals surface area (Å²) >= 11 is 0. The number of benzene rings is 2. The van der Waals surface area contributed by atoms with Crippen molar-refractivity contribution in [2.45, 2.75) is 11.8 Å². The number of anilines is 1. The second-order valence-corrected chi connectivity index (χ2v) is 7.59. The molecule has 0 unspecified atom stereocenters. The first-order valence-electron chi connectivity index (χ1n) is 8.05. The van der Waals surface area contributed by atoms with Crippen LogP contribution >= 0.6 is 0 Å². The Morgan fingerprint density at radius 3 is 2.32 bits per heavy atom. The lowest BCUT2D eigenvalue weighted by Gasteiger charge is -2.05. The summed E-state index contributed by atoms with van der Waals surface area (Å²) in [4.78, 5) is 11.1. The summed E-state index contributed by atoms with van der Waals surface area (Å²) in [5, 5.41) is 22.2. The summed E-state index contributed by atoms with van der Waals surface area (Å²) in [6, 6.07) is 11.8. The molecule has 28 heavy (non-hydrogen) atoms. The fourth-order valence-corrected chi connectivity index (χ4v) is 3.37. The lowest BCUT2D eigenvalue weighted by Crippen LogP contribution is -2.13. The quantitative estimate of drug-likeness (QED) is 0.541. The van der Waals surface area contributed by atoms with Crippen molar-refractivity contribution in [1.29, 1.82) is 0 Å². The van der Waals surface area contributed by atoms with Gasteiger partial charge in [-0.1, -0.05) is 35.5 Å². The van der Waals surface area contributed by atoms with Gasteiger partial charge in [0.25, 0.3) is 10.0 Å². The maximum absolute atomic E-state index is 12.3. The number of aryl methyl sites for hydroxylation is 1. The Kier molecular flexibility index (Phi) is 5.18. The number of nitrogens with one attached hydrogen (secondary N) is 1. The Bertz CT molecular complexity index is 1150. The number of hydrogen-bond acceptors (Lipinski definition) is 6. The highest BCUT2D eigenvalue weighted by Crippen LogP contribution is 2.21. The zero-order chi connectivity index (χ0) is 20.3. The molecular weight excluding hydrogens is 384 g/mol. The molecule has 144 valence electrons. The van der Waals surface area contributed by atoms with Gasteiger partial charge in [-0.05, 0) is 42.3 Å². The monoisotopic (exact) mass is 400 g/mol. The van der Waals surface area contributed by atoms with E-state index in [9.17, 15) is 18.3 Å². The van der Waals surface area contributed by atoms with Gasteiger partial charge < -0.3 is 14.7 Å². The number of nitrogens with zero attached hydrogens (tertiary/aromatic N) is 1. The second-order valence-electron chi connectivity index (χ2n) is 5.91. The van der Waals surface area contributed by atoms with Crippen LogP contribution in [0.4, 0.5) is 5.82 Å². The summed E-state index contributed by atoms with van der Waals surface area (Å²) in [6.07, 6.45) is 3.36. The third-order valence-corrected chi connectivity index (χ3v) is 5.15. The zero-order valence-corrected chi connectivity index (χ0v) is 15.5. The Labute approximate surface area is 160 Å². The van der Waals surface area contributed by atoms with Crippen LogP contribution in [0.1, 0.15) is 27.2 Å². The molecule has 0 aliphatic carbocycles. The van der Waals surface area contributed by atoms with Gasteiger partial charge in [0, 0.05) is 6.07 Å². The SMILES string of the molecule is Cc1cc(NS(=O)(=O)c2ccc(/C=C/c3ccc(O)c(C(=O)O)c3)cc2)no1. The highest BCUT2D eigenvalue weighted by atomic mass is 32.2. The van der Waals surface area contributed by atoms with E-state index >= 15 is 0 Å². The molecule has 3 aromatic rings. The van der Waals surface area contributed by atoms with E-state index < -0.39 is 16.0 Å². The minimum atomic E-state index is -3.79. The molecule has 0 spiro atoms. The number of rotatable bonds is 6. The van der Waals surface area contributed by atoms with Crippen molar-refractivity contribution < 1.29 is 27.9 Å². The van der Waals surface area contributed by atoms with Crippen molar-refractivity contribution in [3.63, 3.8) is 0 Å². The number of carboxylic acids is 1. The Balaban J connectivity index is 1.76. The van der Waals surface area contributed by atoms with Crippen LogP contribution in [0, 0.1) is 6.92 Å². The first-order valence-corrected chi connectivity index (χ1v) is 9.53. The number of phenols is 1. The summed E-state index contributed by atoms with van der Waals surface area (Å²) in [5.74, 6) is -0.951. The largest absolute Gasteiger partial charge is 0.507 e. The molecule has 3 rings (SSSR count). The normalized spacial score (nSPS) is 11.6. The lowest BCUT2D eigenvalue weighted by molar-refractivity contribution is 0.0693. The van der Waals surface area contributed by atoms with Gasteiger partial charge in [-0.2, -0.15) is 0 Å². The molecule has 1 heterocycles. The highest BCUT2D eigenvalue weighted by molar-refractivity contribution is 7.92. The zero-order valence-electron chi connectivity index (χ0n) is 14.7. The highest BCUT2D eigenvalue weighted by Gasteiger charge is 2.16. The van der Waals surface area contributed by atoms with Crippen molar-refractivity contribution >= 4 is 34.0 Å². The van der Waals surface area contributed by atoms with Crippen LogP contribution in [-0.2, 0) is 10.0 Å². The molecule has 1 aromatic heterocycles. The van der Waals surface area contributed by atoms with E-state index in [1.807, 2.05) is 0 Å². The van der Waals surface area contributed by atoms with Crippen LogP contribution in [0.25, 0.3) is 12.2 Å². The van der Waals surface area contributed by atoms with Crippen LogP contribution in [0.3, 0.4) is 0 Å². The maximum atomic E-state index is 12.3. The predicted octanol–water partition coefficient (Wildman–Crippen LogP) is 3.36. The number of aromatic hydroxyl groups is 1. The molecule has 0 atom stereocenters. The van der Waals surface area contributed by atoms with Crippen molar-refractivity contribution in [3.8, 4) is 5.75 Å². The second kappa shape index (κ2) is 7.57. The molecule has 0 bridgehead atoms. The topological polar surface area (TPSA) is 130 Å². The van der Waals surface area contributed by atoms with Crippen LogP contribution in [0.5, 0.6) is 5.75 Å². The summed E-state index contributed by atoms with van der Waals surface area (Å²) in [7, 11) is -3.79. The van der Waals surface area contributed by atoms with E-state index in [4.69, 9.17) is 9.63 Å².